The molecular weight excluding hydrogens is 336 g/mol. The fourth-order valence-electron chi connectivity index (χ4n) is 4.29. The van der Waals surface area contributed by atoms with Crippen molar-refractivity contribution in [2.45, 2.75) is 75.1 Å². The normalized spacial score (nSPS) is 37.1. The van der Waals surface area contributed by atoms with Crippen LogP contribution in [0.4, 0.5) is 0 Å². The number of fused-ring (bicyclic) bond motifs is 2. The molecule has 138 valence electrons. The summed E-state index contributed by atoms with van der Waals surface area (Å²) in [5, 5.41) is 0. The van der Waals surface area contributed by atoms with Crippen LogP contribution in [-0.2, 0) is 18.9 Å². The third-order valence-electron chi connectivity index (χ3n) is 5.81. The lowest BCUT2D eigenvalue weighted by Gasteiger charge is -2.21. The zero-order valence-corrected chi connectivity index (χ0v) is 14.5. The van der Waals surface area contributed by atoms with E-state index in [1.807, 2.05) is 0 Å². The van der Waals surface area contributed by atoms with Gasteiger partial charge in [-0.3, -0.25) is 0 Å². The highest BCUT2D eigenvalue weighted by Gasteiger charge is 2.50. The minimum Gasteiger partial charge on any atom is -0.456 e. The van der Waals surface area contributed by atoms with Crippen molar-refractivity contribution in [1.29, 1.82) is 0 Å². The molecule has 2 saturated heterocycles. The van der Waals surface area contributed by atoms with Gasteiger partial charge in [-0.1, -0.05) is 12.1 Å². The number of rotatable bonds is 4. The summed E-state index contributed by atoms with van der Waals surface area (Å²) in [6.45, 7) is 0. The first-order valence-electron chi connectivity index (χ1n) is 9.52. The molecule has 6 unspecified atom stereocenters. The first-order chi connectivity index (χ1) is 12.7. The number of epoxide rings is 2. The average molecular weight is 358 g/mol. The molecule has 6 nitrogen and oxygen atoms in total. The van der Waals surface area contributed by atoms with Crippen LogP contribution < -0.4 is 0 Å². The Morgan fingerprint density at radius 1 is 0.769 bits per heavy atom. The minimum absolute atomic E-state index is 0.0259. The summed E-state index contributed by atoms with van der Waals surface area (Å²) in [7, 11) is 0. The van der Waals surface area contributed by atoms with Crippen LogP contribution in [-0.4, -0.2) is 48.6 Å². The molecule has 0 N–H and O–H groups in total. The van der Waals surface area contributed by atoms with E-state index in [2.05, 4.69) is 0 Å². The number of esters is 2. The van der Waals surface area contributed by atoms with Crippen LogP contribution in [0.25, 0.3) is 0 Å². The number of carbonyl (C=O) groups is 2. The zero-order valence-electron chi connectivity index (χ0n) is 14.5. The van der Waals surface area contributed by atoms with Gasteiger partial charge in [-0.2, -0.15) is 0 Å². The molecule has 26 heavy (non-hydrogen) atoms. The van der Waals surface area contributed by atoms with Gasteiger partial charge in [0.1, 0.15) is 24.4 Å². The number of ether oxygens (including phenoxy) is 4. The van der Waals surface area contributed by atoms with Gasteiger partial charge in [0.2, 0.25) is 0 Å². The molecule has 2 saturated carbocycles. The molecule has 6 heteroatoms. The van der Waals surface area contributed by atoms with Gasteiger partial charge in [0.05, 0.1) is 23.3 Å². The average Bonchev–Trinajstić information content (AvgIpc) is 3.55. The number of carbonyl (C=O) groups excluding carboxylic acids is 2. The molecular formula is C20H22O6. The number of benzene rings is 1. The van der Waals surface area contributed by atoms with Gasteiger partial charge in [-0.15, -0.1) is 0 Å². The Bertz CT molecular complexity index is 670. The molecule has 4 aliphatic rings. The van der Waals surface area contributed by atoms with Gasteiger partial charge >= 0.3 is 11.9 Å². The van der Waals surface area contributed by atoms with Crippen LogP contribution in [0.1, 0.15) is 59.2 Å². The van der Waals surface area contributed by atoms with Crippen LogP contribution in [0.3, 0.4) is 0 Å². The van der Waals surface area contributed by atoms with E-state index in [0.717, 1.165) is 38.5 Å². The molecule has 0 radical (unpaired) electrons. The quantitative estimate of drug-likeness (QED) is 0.608. The number of hydrogen-bond donors (Lipinski definition) is 0. The summed E-state index contributed by atoms with van der Waals surface area (Å²) >= 11 is 0. The molecule has 0 bridgehead atoms. The molecule has 5 rings (SSSR count). The predicted molar refractivity (Wildman–Crippen MR) is 89.9 cm³/mol. The van der Waals surface area contributed by atoms with Crippen LogP contribution >= 0.6 is 0 Å². The van der Waals surface area contributed by atoms with Crippen LogP contribution in [0, 0.1) is 0 Å². The first kappa shape index (κ1) is 16.3. The largest absolute Gasteiger partial charge is 0.456 e. The summed E-state index contributed by atoms with van der Waals surface area (Å²) < 4.78 is 22.4. The zero-order chi connectivity index (χ0) is 17.7. The summed E-state index contributed by atoms with van der Waals surface area (Å²) in [5.74, 6) is -0.967. The first-order valence-corrected chi connectivity index (χ1v) is 9.52. The highest BCUT2D eigenvalue weighted by Crippen LogP contribution is 2.39. The maximum atomic E-state index is 12.7. The highest BCUT2D eigenvalue weighted by atomic mass is 16.6. The second-order valence-electron chi connectivity index (χ2n) is 7.57. The van der Waals surface area contributed by atoms with Gasteiger partial charge < -0.3 is 18.9 Å². The Hall–Kier alpha value is -1.92. The monoisotopic (exact) mass is 358 g/mol. The Morgan fingerprint density at radius 2 is 1.23 bits per heavy atom. The highest BCUT2D eigenvalue weighted by molar-refractivity contribution is 6.03. The van der Waals surface area contributed by atoms with Crippen molar-refractivity contribution in [2.75, 3.05) is 0 Å². The van der Waals surface area contributed by atoms with Crippen molar-refractivity contribution in [2.24, 2.45) is 0 Å². The summed E-state index contributed by atoms with van der Waals surface area (Å²) in [6, 6.07) is 6.69. The van der Waals surface area contributed by atoms with Crippen molar-refractivity contribution in [3.63, 3.8) is 0 Å². The van der Waals surface area contributed by atoms with Gasteiger partial charge in [0.15, 0.2) is 0 Å². The summed E-state index contributed by atoms with van der Waals surface area (Å²) in [5.41, 5.74) is 0.508. The van der Waals surface area contributed by atoms with E-state index < -0.39 is 11.9 Å². The second-order valence-corrected chi connectivity index (χ2v) is 7.57. The second kappa shape index (κ2) is 6.35. The molecule has 1 aromatic carbocycles. The van der Waals surface area contributed by atoms with E-state index in [4.69, 9.17) is 18.9 Å². The molecule has 2 heterocycles. The minimum atomic E-state index is -0.483. The fourth-order valence-corrected chi connectivity index (χ4v) is 4.29. The van der Waals surface area contributed by atoms with Crippen molar-refractivity contribution in [3.8, 4) is 0 Å². The Balaban J connectivity index is 1.28. The molecule has 0 spiro atoms. The van der Waals surface area contributed by atoms with E-state index in [1.54, 1.807) is 24.3 Å². The van der Waals surface area contributed by atoms with E-state index in [0.29, 0.717) is 0 Å². The molecule has 0 aromatic heterocycles. The molecule has 2 aliphatic carbocycles. The lowest BCUT2D eigenvalue weighted by molar-refractivity contribution is 0.0150. The summed E-state index contributed by atoms with van der Waals surface area (Å²) in [4.78, 5) is 25.3. The van der Waals surface area contributed by atoms with Gasteiger partial charge in [0, 0.05) is 0 Å². The smallest absolute Gasteiger partial charge is 0.339 e. The topological polar surface area (TPSA) is 77.7 Å². The maximum absolute atomic E-state index is 12.7. The van der Waals surface area contributed by atoms with Crippen LogP contribution in [0.2, 0.25) is 0 Å². The van der Waals surface area contributed by atoms with Crippen molar-refractivity contribution in [1.82, 2.24) is 0 Å². The Morgan fingerprint density at radius 3 is 1.69 bits per heavy atom. The molecule has 4 fully saturated rings. The van der Waals surface area contributed by atoms with E-state index in [1.165, 1.54) is 0 Å². The molecule has 1 aromatic rings. The maximum Gasteiger partial charge on any atom is 0.339 e. The fraction of sp³-hybridized carbons (Fsp3) is 0.600. The molecule has 6 atom stereocenters. The Labute approximate surface area is 151 Å². The molecule has 0 amide bonds. The lowest BCUT2D eigenvalue weighted by Crippen LogP contribution is -2.30. The standard InChI is InChI=1S/C20H22O6/c21-19(25-15-9-3-7-13-17(15)23-13)11-5-1-2-6-12(11)20(22)26-16-10-4-8-14-18(16)24-14/h1-2,5-6,13-18H,3-4,7-10H2. The SMILES string of the molecule is O=C(OC1CCCC2OC12)c1ccccc1C(=O)OC1CCCC2OC12. The van der Waals surface area contributed by atoms with E-state index >= 15 is 0 Å². The van der Waals surface area contributed by atoms with Crippen molar-refractivity contribution >= 4 is 11.9 Å². The van der Waals surface area contributed by atoms with E-state index in [9.17, 15) is 9.59 Å². The van der Waals surface area contributed by atoms with Crippen LogP contribution in [0.15, 0.2) is 24.3 Å². The van der Waals surface area contributed by atoms with E-state index in [-0.39, 0.29) is 47.8 Å². The van der Waals surface area contributed by atoms with Crippen LogP contribution in [0.5, 0.6) is 0 Å². The summed E-state index contributed by atoms with van der Waals surface area (Å²) in [6.07, 6.45) is 5.76. The van der Waals surface area contributed by atoms with Crippen molar-refractivity contribution in [3.05, 3.63) is 35.4 Å². The predicted octanol–water partition coefficient (Wildman–Crippen LogP) is 2.64. The third-order valence-corrected chi connectivity index (χ3v) is 5.81. The molecule has 2 aliphatic heterocycles. The van der Waals surface area contributed by atoms with Gasteiger partial charge in [-0.05, 0) is 50.7 Å². The van der Waals surface area contributed by atoms with Gasteiger partial charge in [0.25, 0.3) is 0 Å². The lowest BCUT2D eigenvalue weighted by atomic mass is 9.97. The Kier molecular flexibility index (Phi) is 3.98. The van der Waals surface area contributed by atoms with Crippen molar-refractivity contribution < 1.29 is 28.5 Å². The number of hydrogen-bond acceptors (Lipinski definition) is 6. The van der Waals surface area contributed by atoms with Gasteiger partial charge in [-0.25, -0.2) is 9.59 Å². The third kappa shape index (κ3) is 3.01.